The van der Waals surface area contributed by atoms with Gasteiger partial charge >= 0.3 is 0 Å². The Hall–Kier alpha value is -0.530. The maximum absolute atomic E-state index is 12.0. The predicted molar refractivity (Wildman–Crippen MR) is 118 cm³/mol. The smallest absolute Gasteiger partial charge is 0.222 e. The highest BCUT2D eigenvalue weighted by Gasteiger charge is 2.41. The first-order valence-electron chi connectivity index (χ1n) is 10.6. The molecule has 1 aliphatic heterocycles. The zero-order chi connectivity index (χ0) is 17.5. The van der Waals surface area contributed by atoms with Crippen molar-refractivity contribution in [3.63, 3.8) is 0 Å². The van der Waals surface area contributed by atoms with E-state index in [1.165, 1.54) is 32.1 Å². The van der Waals surface area contributed by atoms with E-state index in [4.69, 9.17) is 4.99 Å². The molecule has 2 aliphatic carbocycles. The fraction of sp³-hybridized carbons (Fsp3) is 0.900. The van der Waals surface area contributed by atoms with Crippen LogP contribution in [0.4, 0.5) is 0 Å². The van der Waals surface area contributed by atoms with E-state index < -0.39 is 0 Å². The highest BCUT2D eigenvalue weighted by atomic mass is 127. The van der Waals surface area contributed by atoms with Gasteiger partial charge < -0.3 is 15.5 Å². The van der Waals surface area contributed by atoms with Gasteiger partial charge in [0.05, 0.1) is 0 Å². The number of hydrogen-bond acceptors (Lipinski definition) is 2. The number of aliphatic imine (C=N–C) groups is 1. The molecule has 26 heavy (non-hydrogen) atoms. The quantitative estimate of drug-likeness (QED) is 0.232. The summed E-state index contributed by atoms with van der Waals surface area (Å²) in [5.74, 6) is 4.03. The molecule has 2 saturated carbocycles. The lowest BCUT2D eigenvalue weighted by molar-refractivity contribution is -0.130. The van der Waals surface area contributed by atoms with Crippen molar-refractivity contribution in [3.8, 4) is 0 Å². The van der Waals surface area contributed by atoms with Gasteiger partial charge in [-0.25, -0.2) is 0 Å². The van der Waals surface area contributed by atoms with Crippen LogP contribution in [0.2, 0.25) is 0 Å². The molecule has 1 saturated heterocycles. The third-order valence-electron chi connectivity index (χ3n) is 5.83. The van der Waals surface area contributed by atoms with Crippen molar-refractivity contribution in [2.45, 2.75) is 64.7 Å². The first-order valence-corrected chi connectivity index (χ1v) is 10.6. The van der Waals surface area contributed by atoms with Crippen LogP contribution >= 0.6 is 24.0 Å². The summed E-state index contributed by atoms with van der Waals surface area (Å²) in [5.41, 5.74) is 0. The monoisotopic (exact) mass is 476 g/mol. The molecule has 2 N–H and O–H groups in total. The van der Waals surface area contributed by atoms with Gasteiger partial charge in [0.1, 0.15) is 0 Å². The summed E-state index contributed by atoms with van der Waals surface area (Å²) in [6.07, 6.45) is 10.8. The molecule has 3 rings (SSSR count). The van der Waals surface area contributed by atoms with Crippen LogP contribution in [0.15, 0.2) is 4.99 Å². The Labute approximate surface area is 176 Å². The van der Waals surface area contributed by atoms with Crippen LogP contribution in [0.3, 0.4) is 0 Å². The lowest BCUT2D eigenvalue weighted by atomic mass is 9.98. The van der Waals surface area contributed by atoms with Crippen molar-refractivity contribution in [2.24, 2.45) is 22.7 Å². The number of amides is 1. The summed E-state index contributed by atoms with van der Waals surface area (Å²) in [6.45, 7) is 6.69. The van der Waals surface area contributed by atoms with Crippen LogP contribution in [0.25, 0.3) is 0 Å². The van der Waals surface area contributed by atoms with E-state index in [1.807, 2.05) is 0 Å². The van der Waals surface area contributed by atoms with Crippen LogP contribution in [-0.4, -0.2) is 49.5 Å². The summed E-state index contributed by atoms with van der Waals surface area (Å²) in [5, 5.41) is 6.84. The Bertz CT molecular complexity index is 451. The van der Waals surface area contributed by atoms with Gasteiger partial charge in [-0.3, -0.25) is 9.79 Å². The van der Waals surface area contributed by atoms with Gasteiger partial charge in [-0.2, -0.15) is 0 Å². The second kappa shape index (κ2) is 11.3. The lowest BCUT2D eigenvalue weighted by Crippen LogP contribution is -2.40. The summed E-state index contributed by atoms with van der Waals surface area (Å²) >= 11 is 0. The van der Waals surface area contributed by atoms with Gasteiger partial charge in [0, 0.05) is 39.1 Å². The molecule has 0 bridgehead atoms. The Kier molecular flexibility index (Phi) is 9.50. The summed E-state index contributed by atoms with van der Waals surface area (Å²) in [6, 6.07) is 0. The minimum Gasteiger partial charge on any atom is -0.357 e. The number of guanidine groups is 1. The Morgan fingerprint density at radius 2 is 1.88 bits per heavy atom. The minimum atomic E-state index is 0. The number of carbonyl (C=O) groups is 1. The molecule has 1 heterocycles. The van der Waals surface area contributed by atoms with Gasteiger partial charge in [-0.05, 0) is 69.6 Å². The van der Waals surface area contributed by atoms with Gasteiger partial charge in [0.15, 0.2) is 5.96 Å². The second-order valence-corrected chi connectivity index (χ2v) is 8.03. The number of nitrogens with one attached hydrogen (secondary N) is 2. The first kappa shape index (κ1) is 21.8. The molecule has 6 heteroatoms. The Morgan fingerprint density at radius 3 is 2.54 bits per heavy atom. The number of carbonyl (C=O) groups excluding carboxylic acids is 1. The minimum absolute atomic E-state index is 0. The number of nitrogens with zero attached hydrogens (tertiary/aromatic N) is 2. The summed E-state index contributed by atoms with van der Waals surface area (Å²) < 4.78 is 0. The van der Waals surface area contributed by atoms with Crippen molar-refractivity contribution in [3.05, 3.63) is 0 Å². The average molecular weight is 476 g/mol. The van der Waals surface area contributed by atoms with Crippen LogP contribution < -0.4 is 10.6 Å². The molecule has 0 aromatic rings. The standard InChI is InChI=1S/C20H36N4O.HI/c1-2-21-20(23-15-18(16-8-9-16)17-10-11-17)22-12-6-14-24-13-5-3-4-7-19(24)25;/h16-18H,2-15H2,1H3,(H2,21,22,23);1H. The van der Waals surface area contributed by atoms with E-state index >= 15 is 0 Å². The van der Waals surface area contributed by atoms with Crippen LogP contribution in [0.1, 0.15) is 64.7 Å². The average Bonchev–Trinajstić information content (AvgIpc) is 3.48. The topological polar surface area (TPSA) is 56.7 Å². The Morgan fingerprint density at radius 1 is 1.15 bits per heavy atom. The van der Waals surface area contributed by atoms with Gasteiger partial charge in [-0.1, -0.05) is 6.42 Å². The second-order valence-electron chi connectivity index (χ2n) is 8.03. The van der Waals surface area contributed by atoms with Crippen molar-refractivity contribution in [2.75, 3.05) is 32.7 Å². The zero-order valence-corrected chi connectivity index (χ0v) is 18.7. The maximum Gasteiger partial charge on any atom is 0.222 e. The van der Waals surface area contributed by atoms with Gasteiger partial charge in [0.2, 0.25) is 5.91 Å². The van der Waals surface area contributed by atoms with Crippen molar-refractivity contribution in [1.82, 2.24) is 15.5 Å². The molecule has 0 radical (unpaired) electrons. The van der Waals surface area contributed by atoms with Crippen LogP contribution in [-0.2, 0) is 4.79 Å². The molecule has 0 unspecified atom stereocenters. The molecular formula is C20H37IN4O. The lowest BCUT2D eigenvalue weighted by Gasteiger charge is -2.21. The predicted octanol–water partition coefficient (Wildman–Crippen LogP) is 3.39. The summed E-state index contributed by atoms with van der Waals surface area (Å²) in [4.78, 5) is 18.9. The molecule has 0 aromatic heterocycles. The molecule has 0 spiro atoms. The van der Waals surface area contributed by atoms with E-state index in [0.717, 1.165) is 82.1 Å². The van der Waals surface area contributed by atoms with E-state index in [-0.39, 0.29) is 24.0 Å². The third kappa shape index (κ3) is 7.24. The first-order chi connectivity index (χ1) is 12.3. The van der Waals surface area contributed by atoms with Crippen LogP contribution in [0, 0.1) is 17.8 Å². The van der Waals surface area contributed by atoms with Crippen LogP contribution in [0.5, 0.6) is 0 Å². The largest absolute Gasteiger partial charge is 0.357 e. The molecule has 0 atom stereocenters. The third-order valence-corrected chi connectivity index (χ3v) is 5.83. The number of likely N-dealkylation sites (tertiary alicyclic amines) is 1. The molecule has 150 valence electrons. The zero-order valence-electron chi connectivity index (χ0n) is 16.3. The van der Waals surface area contributed by atoms with E-state index in [2.05, 4.69) is 22.5 Å². The number of rotatable bonds is 9. The molecule has 3 aliphatic rings. The fourth-order valence-corrected chi connectivity index (χ4v) is 4.02. The highest BCUT2D eigenvalue weighted by Crippen LogP contribution is 2.49. The SMILES string of the molecule is CCNC(=NCC(C1CC1)C1CC1)NCCCN1CCCCCC1=O.I. The normalized spacial score (nSPS) is 21.4. The van der Waals surface area contributed by atoms with E-state index in [9.17, 15) is 4.79 Å². The van der Waals surface area contributed by atoms with Crippen molar-refractivity contribution >= 4 is 35.8 Å². The molecule has 5 nitrogen and oxygen atoms in total. The Balaban J connectivity index is 0.00000243. The number of hydrogen-bond donors (Lipinski definition) is 2. The molecule has 0 aromatic carbocycles. The molecular weight excluding hydrogens is 439 g/mol. The number of halogens is 1. The molecule has 3 fully saturated rings. The van der Waals surface area contributed by atoms with E-state index in [0.29, 0.717) is 5.91 Å². The van der Waals surface area contributed by atoms with E-state index in [1.54, 1.807) is 0 Å². The van der Waals surface area contributed by atoms with Gasteiger partial charge in [0.25, 0.3) is 0 Å². The summed E-state index contributed by atoms with van der Waals surface area (Å²) in [7, 11) is 0. The van der Waals surface area contributed by atoms with Crippen molar-refractivity contribution < 1.29 is 4.79 Å². The molecule has 1 amide bonds. The fourth-order valence-electron chi connectivity index (χ4n) is 4.02. The maximum atomic E-state index is 12.0. The highest BCUT2D eigenvalue weighted by molar-refractivity contribution is 14.0. The van der Waals surface area contributed by atoms with Crippen molar-refractivity contribution in [1.29, 1.82) is 0 Å². The van der Waals surface area contributed by atoms with Gasteiger partial charge in [-0.15, -0.1) is 24.0 Å².